The van der Waals surface area contributed by atoms with Gasteiger partial charge >= 0.3 is 0 Å². The average molecular weight is 273 g/mol. The molecule has 1 aromatic rings. The van der Waals surface area contributed by atoms with Crippen LogP contribution in [0.4, 0.5) is 0 Å². The topological polar surface area (TPSA) is 18.5 Å². The number of fused-ring (bicyclic) bond motifs is 1. The van der Waals surface area contributed by atoms with E-state index in [9.17, 15) is 0 Å². The minimum Gasteiger partial charge on any atom is -0.316 e. The molecule has 20 heavy (non-hydrogen) atoms. The Hall–Kier alpha value is -0.900. The zero-order valence-corrected chi connectivity index (χ0v) is 12.6. The van der Waals surface area contributed by atoms with Gasteiger partial charge in [0.1, 0.15) is 0 Å². The van der Waals surface area contributed by atoms with Gasteiger partial charge in [-0.3, -0.25) is 9.80 Å². The largest absolute Gasteiger partial charge is 0.316 e. The normalized spacial score (nSPS) is 24.6. The first-order valence-corrected chi connectivity index (χ1v) is 8.04. The summed E-state index contributed by atoms with van der Waals surface area (Å²) in [5.41, 5.74) is 2.85. The third kappa shape index (κ3) is 3.40. The van der Waals surface area contributed by atoms with Gasteiger partial charge < -0.3 is 5.32 Å². The van der Waals surface area contributed by atoms with Crippen LogP contribution >= 0.6 is 0 Å². The van der Waals surface area contributed by atoms with Crippen molar-refractivity contribution >= 4 is 0 Å². The fraction of sp³-hybridized carbons (Fsp3) is 0.647. The smallest absolute Gasteiger partial charge is 0.0234 e. The molecule has 1 unspecified atom stereocenters. The number of hydrogen-bond acceptors (Lipinski definition) is 3. The number of nitrogens with zero attached hydrogens (tertiary/aromatic N) is 2. The fourth-order valence-electron chi connectivity index (χ4n) is 3.73. The number of rotatable bonds is 4. The highest BCUT2D eigenvalue weighted by molar-refractivity contribution is 5.23. The Labute approximate surface area is 123 Å². The Bertz CT molecular complexity index is 432. The summed E-state index contributed by atoms with van der Waals surface area (Å²) in [7, 11) is 2.01. The highest BCUT2D eigenvalue weighted by atomic mass is 15.3. The molecule has 0 radical (unpaired) electrons. The third-order valence-corrected chi connectivity index (χ3v) is 4.67. The quantitative estimate of drug-likeness (QED) is 0.906. The average Bonchev–Trinajstić information content (AvgIpc) is 2.79. The summed E-state index contributed by atoms with van der Waals surface area (Å²) in [6, 6.07) is 9.85. The first-order chi connectivity index (χ1) is 9.85. The van der Waals surface area contributed by atoms with Crippen LogP contribution < -0.4 is 5.32 Å². The Morgan fingerprint density at radius 2 is 2.00 bits per heavy atom. The van der Waals surface area contributed by atoms with Gasteiger partial charge in [-0.2, -0.15) is 0 Å². The minimum atomic E-state index is 0.818. The summed E-state index contributed by atoms with van der Waals surface area (Å²) >= 11 is 0. The molecule has 2 saturated heterocycles. The Balaban J connectivity index is 1.63. The van der Waals surface area contributed by atoms with Crippen molar-refractivity contribution in [1.82, 2.24) is 15.1 Å². The van der Waals surface area contributed by atoms with Gasteiger partial charge in [-0.05, 0) is 57.1 Å². The first-order valence-electron chi connectivity index (χ1n) is 8.04. The lowest BCUT2D eigenvalue weighted by Gasteiger charge is -2.25. The molecular weight excluding hydrogens is 246 g/mol. The zero-order valence-electron chi connectivity index (χ0n) is 12.6. The molecule has 0 saturated carbocycles. The van der Waals surface area contributed by atoms with E-state index in [-0.39, 0.29) is 0 Å². The second-order valence-electron chi connectivity index (χ2n) is 6.27. The van der Waals surface area contributed by atoms with E-state index in [4.69, 9.17) is 0 Å². The van der Waals surface area contributed by atoms with Gasteiger partial charge in [-0.1, -0.05) is 24.3 Å². The lowest BCUT2D eigenvalue weighted by atomic mass is 10.1. The van der Waals surface area contributed by atoms with Gasteiger partial charge in [-0.15, -0.1) is 0 Å². The zero-order chi connectivity index (χ0) is 13.8. The summed E-state index contributed by atoms with van der Waals surface area (Å²) in [6.45, 7) is 7.22. The van der Waals surface area contributed by atoms with Crippen molar-refractivity contribution in [3.8, 4) is 0 Å². The monoisotopic (exact) mass is 273 g/mol. The van der Waals surface area contributed by atoms with Gasteiger partial charge in [0.15, 0.2) is 0 Å². The standard InChI is InChI=1S/C17H27N3/c1-18-12-15-5-2-6-16(11-15)13-19-8-4-10-20-9-3-7-17(20)14-19/h2,5-6,11,17-18H,3-4,7-10,12-14H2,1H3. The second kappa shape index (κ2) is 6.70. The van der Waals surface area contributed by atoms with Crippen molar-refractivity contribution in [1.29, 1.82) is 0 Å². The molecule has 0 aromatic heterocycles. The van der Waals surface area contributed by atoms with E-state index < -0.39 is 0 Å². The Morgan fingerprint density at radius 3 is 2.90 bits per heavy atom. The molecule has 3 nitrogen and oxygen atoms in total. The van der Waals surface area contributed by atoms with E-state index in [0.29, 0.717) is 0 Å². The number of benzene rings is 1. The SMILES string of the molecule is CNCc1cccc(CN2CCCN3CCCC3C2)c1. The van der Waals surface area contributed by atoms with Crippen molar-refractivity contribution in [3.05, 3.63) is 35.4 Å². The molecule has 3 heteroatoms. The van der Waals surface area contributed by atoms with E-state index in [2.05, 4.69) is 39.4 Å². The predicted octanol–water partition coefficient (Wildman–Crippen LogP) is 2.08. The highest BCUT2D eigenvalue weighted by Crippen LogP contribution is 2.22. The molecule has 0 aliphatic carbocycles. The molecule has 2 aliphatic rings. The van der Waals surface area contributed by atoms with E-state index in [0.717, 1.165) is 19.1 Å². The molecule has 2 heterocycles. The lowest BCUT2D eigenvalue weighted by Crippen LogP contribution is -2.36. The van der Waals surface area contributed by atoms with Gasteiger partial charge in [0, 0.05) is 25.7 Å². The van der Waals surface area contributed by atoms with Crippen LogP contribution in [0.3, 0.4) is 0 Å². The molecule has 3 rings (SSSR count). The third-order valence-electron chi connectivity index (χ3n) is 4.67. The van der Waals surface area contributed by atoms with Crippen LogP contribution in [-0.2, 0) is 13.1 Å². The van der Waals surface area contributed by atoms with Crippen molar-refractivity contribution in [2.75, 3.05) is 33.2 Å². The molecular formula is C17H27N3. The summed E-state index contributed by atoms with van der Waals surface area (Å²) in [6.07, 6.45) is 4.12. The summed E-state index contributed by atoms with van der Waals surface area (Å²) in [4.78, 5) is 5.37. The highest BCUT2D eigenvalue weighted by Gasteiger charge is 2.28. The van der Waals surface area contributed by atoms with Crippen LogP contribution in [0.2, 0.25) is 0 Å². The van der Waals surface area contributed by atoms with Gasteiger partial charge in [0.05, 0.1) is 0 Å². The molecule has 1 aromatic carbocycles. The van der Waals surface area contributed by atoms with Gasteiger partial charge in [-0.25, -0.2) is 0 Å². The van der Waals surface area contributed by atoms with Gasteiger partial charge in [0.2, 0.25) is 0 Å². The van der Waals surface area contributed by atoms with Crippen LogP contribution in [0.1, 0.15) is 30.4 Å². The van der Waals surface area contributed by atoms with E-state index in [1.54, 1.807) is 0 Å². The van der Waals surface area contributed by atoms with Crippen LogP contribution in [0, 0.1) is 0 Å². The van der Waals surface area contributed by atoms with Crippen LogP contribution in [0.25, 0.3) is 0 Å². The Morgan fingerprint density at radius 1 is 1.15 bits per heavy atom. The molecule has 0 amide bonds. The van der Waals surface area contributed by atoms with E-state index in [1.165, 1.54) is 56.6 Å². The molecule has 2 fully saturated rings. The molecule has 0 spiro atoms. The van der Waals surface area contributed by atoms with Crippen molar-refractivity contribution in [2.45, 2.75) is 38.4 Å². The molecule has 0 bridgehead atoms. The fourth-order valence-corrected chi connectivity index (χ4v) is 3.73. The predicted molar refractivity (Wildman–Crippen MR) is 83.7 cm³/mol. The van der Waals surface area contributed by atoms with Crippen LogP contribution in [0.15, 0.2) is 24.3 Å². The van der Waals surface area contributed by atoms with Crippen LogP contribution in [-0.4, -0.2) is 49.1 Å². The first kappa shape index (κ1) is 14.1. The van der Waals surface area contributed by atoms with Crippen LogP contribution in [0.5, 0.6) is 0 Å². The van der Waals surface area contributed by atoms with Gasteiger partial charge in [0.25, 0.3) is 0 Å². The van der Waals surface area contributed by atoms with Crippen molar-refractivity contribution in [3.63, 3.8) is 0 Å². The molecule has 1 N–H and O–H groups in total. The summed E-state index contributed by atoms with van der Waals surface area (Å²) in [5, 5.41) is 3.23. The summed E-state index contributed by atoms with van der Waals surface area (Å²) < 4.78 is 0. The maximum atomic E-state index is 3.23. The second-order valence-corrected chi connectivity index (χ2v) is 6.27. The van der Waals surface area contributed by atoms with E-state index >= 15 is 0 Å². The number of nitrogens with one attached hydrogen (secondary N) is 1. The summed E-state index contributed by atoms with van der Waals surface area (Å²) in [5.74, 6) is 0. The molecule has 2 aliphatic heterocycles. The Kier molecular flexibility index (Phi) is 4.71. The van der Waals surface area contributed by atoms with Crippen molar-refractivity contribution < 1.29 is 0 Å². The van der Waals surface area contributed by atoms with Crippen molar-refractivity contribution in [2.24, 2.45) is 0 Å². The van der Waals surface area contributed by atoms with E-state index in [1.807, 2.05) is 7.05 Å². The number of hydrogen-bond donors (Lipinski definition) is 1. The molecule has 1 atom stereocenters. The maximum Gasteiger partial charge on any atom is 0.0234 e. The maximum absolute atomic E-state index is 3.23. The lowest BCUT2D eigenvalue weighted by molar-refractivity contribution is 0.215. The molecule has 110 valence electrons. The minimum absolute atomic E-state index is 0.818.